The molecule has 0 saturated carbocycles. The van der Waals surface area contributed by atoms with Crippen molar-refractivity contribution in [2.24, 2.45) is 0 Å². The number of hydrogen-bond donors (Lipinski definition) is 1. The van der Waals surface area contributed by atoms with Gasteiger partial charge in [-0.25, -0.2) is 0 Å². The number of nitrogens with zero attached hydrogens (tertiary/aromatic N) is 1. The zero-order valence-corrected chi connectivity index (χ0v) is 12.6. The third-order valence-electron chi connectivity index (χ3n) is 3.13. The van der Waals surface area contributed by atoms with Crippen molar-refractivity contribution < 1.29 is 22.9 Å². The van der Waals surface area contributed by atoms with Gasteiger partial charge < -0.3 is 5.32 Å². The molecular formula is C17H11F3N2O3. The first-order chi connectivity index (χ1) is 11.8. The van der Waals surface area contributed by atoms with Gasteiger partial charge in [-0.15, -0.1) is 0 Å². The molecule has 0 bridgehead atoms. The highest BCUT2D eigenvalue weighted by Gasteiger charge is 2.32. The van der Waals surface area contributed by atoms with Crippen LogP contribution < -0.4 is 5.32 Å². The molecule has 5 nitrogen and oxygen atoms in total. The molecule has 25 heavy (non-hydrogen) atoms. The van der Waals surface area contributed by atoms with E-state index in [1.165, 1.54) is 42.5 Å². The summed E-state index contributed by atoms with van der Waals surface area (Å²) in [5.41, 5.74) is -0.994. The third kappa shape index (κ3) is 4.81. The van der Waals surface area contributed by atoms with E-state index in [9.17, 15) is 28.1 Å². The number of carbonyl (C=O) groups is 1. The van der Waals surface area contributed by atoms with Crippen LogP contribution in [0.3, 0.4) is 0 Å². The number of nitro benzene ring substituents is 1. The van der Waals surface area contributed by atoms with Gasteiger partial charge in [0, 0.05) is 23.3 Å². The highest BCUT2D eigenvalue weighted by molar-refractivity contribution is 5.94. The first kappa shape index (κ1) is 18.0. The molecule has 0 radical (unpaired) electrons. The SMILES string of the molecule is O=C(NCC#Cc1ccccc1C(F)(F)F)c1ccc([N+](=O)[O-])cc1. The molecule has 8 heteroatoms. The van der Waals surface area contributed by atoms with Gasteiger partial charge in [0.1, 0.15) is 0 Å². The topological polar surface area (TPSA) is 72.2 Å². The summed E-state index contributed by atoms with van der Waals surface area (Å²) in [5, 5.41) is 12.9. The second-order valence-corrected chi connectivity index (χ2v) is 4.83. The van der Waals surface area contributed by atoms with E-state index in [1.54, 1.807) is 0 Å². The van der Waals surface area contributed by atoms with Crippen molar-refractivity contribution in [1.82, 2.24) is 5.32 Å². The highest BCUT2D eigenvalue weighted by Crippen LogP contribution is 2.31. The summed E-state index contributed by atoms with van der Waals surface area (Å²) in [7, 11) is 0. The van der Waals surface area contributed by atoms with E-state index < -0.39 is 22.6 Å². The van der Waals surface area contributed by atoms with Gasteiger partial charge in [0.05, 0.1) is 17.0 Å². The molecule has 0 aromatic heterocycles. The second kappa shape index (κ2) is 7.49. The quantitative estimate of drug-likeness (QED) is 0.525. The second-order valence-electron chi connectivity index (χ2n) is 4.83. The summed E-state index contributed by atoms with van der Waals surface area (Å²) in [5.74, 6) is 4.30. The molecule has 128 valence electrons. The Balaban J connectivity index is 2.01. The number of amides is 1. The van der Waals surface area contributed by atoms with Crippen LogP contribution in [-0.4, -0.2) is 17.4 Å². The fraction of sp³-hybridized carbons (Fsp3) is 0.118. The zero-order valence-electron chi connectivity index (χ0n) is 12.6. The molecule has 0 atom stereocenters. The maximum Gasteiger partial charge on any atom is 0.417 e. The highest BCUT2D eigenvalue weighted by atomic mass is 19.4. The molecule has 2 aromatic carbocycles. The summed E-state index contributed by atoms with van der Waals surface area (Å²) in [6.45, 7) is -0.165. The van der Waals surface area contributed by atoms with E-state index in [4.69, 9.17) is 0 Å². The summed E-state index contributed by atoms with van der Waals surface area (Å²) in [6, 6.07) is 9.80. The molecule has 0 fully saturated rings. The minimum atomic E-state index is -4.51. The van der Waals surface area contributed by atoms with Crippen molar-refractivity contribution >= 4 is 11.6 Å². The first-order valence-corrected chi connectivity index (χ1v) is 6.97. The molecule has 0 unspecified atom stereocenters. The van der Waals surface area contributed by atoms with Gasteiger partial charge in [0.2, 0.25) is 0 Å². The normalized spacial score (nSPS) is 10.5. The molecule has 0 aliphatic rings. The Kier molecular flexibility index (Phi) is 5.39. The van der Waals surface area contributed by atoms with Crippen molar-refractivity contribution in [3.63, 3.8) is 0 Å². The number of nitrogens with one attached hydrogen (secondary N) is 1. The van der Waals surface area contributed by atoms with Gasteiger partial charge in [-0.1, -0.05) is 24.0 Å². The number of benzene rings is 2. The molecular weight excluding hydrogens is 337 g/mol. The number of alkyl halides is 3. The third-order valence-corrected chi connectivity index (χ3v) is 3.13. The molecule has 0 heterocycles. The molecule has 0 spiro atoms. The number of carbonyl (C=O) groups excluding carboxylic acids is 1. The smallest absolute Gasteiger partial charge is 0.341 e. The van der Waals surface area contributed by atoms with Gasteiger partial charge >= 0.3 is 6.18 Å². The fourth-order valence-electron chi connectivity index (χ4n) is 1.94. The molecule has 0 aliphatic carbocycles. The van der Waals surface area contributed by atoms with Crippen molar-refractivity contribution in [3.8, 4) is 11.8 Å². The number of rotatable bonds is 3. The lowest BCUT2D eigenvalue weighted by molar-refractivity contribution is -0.384. The maximum atomic E-state index is 12.8. The van der Waals surface area contributed by atoms with Crippen LogP contribution in [0.5, 0.6) is 0 Å². The minimum absolute atomic E-state index is 0.153. The summed E-state index contributed by atoms with van der Waals surface area (Å²) < 4.78 is 38.4. The van der Waals surface area contributed by atoms with Crippen LogP contribution in [0.4, 0.5) is 18.9 Å². The maximum absolute atomic E-state index is 12.8. The van der Waals surface area contributed by atoms with Gasteiger partial charge in [0.15, 0.2) is 0 Å². The molecule has 2 aromatic rings. The van der Waals surface area contributed by atoms with E-state index in [1.807, 2.05) is 0 Å². The lowest BCUT2D eigenvalue weighted by atomic mass is 10.1. The van der Waals surface area contributed by atoms with Crippen LogP contribution in [0, 0.1) is 22.0 Å². The Morgan fingerprint density at radius 2 is 1.76 bits per heavy atom. The van der Waals surface area contributed by atoms with Crippen molar-refractivity contribution in [2.75, 3.05) is 6.54 Å². The van der Waals surface area contributed by atoms with Gasteiger partial charge in [-0.05, 0) is 24.3 Å². The summed E-state index contributed by atoms with van der Waals surface area (Å²) >= 11 is 0. The predicted molar refractivity (Wildman–Crippen MR) is 83.8 cm³/mol. The lowest BCUT2D eigenvalue weighted by Crippen LogP contribution is -2.23. The molecule has 0 aliphatic heterocycles. The van der Waals surface area contributed by atoms with Gasteiger partial charge in [-0.3, -0.25) is 14.9 Å². The van der Waals surface area contributed by atoms with Crippen LogP contribution in [0.1, 0.15) is 21.5 Å². The van der Waals surface area contributed by atoms with E-state index in [-0.39, 0.29) is 23.4 Å². The van der Waals surface area contributed by atoms with Crippen LogP contribution in [0.2, 0.25) is 0 Å². The molecule has 1 N–H and O–H groups in total. The standard InChI is InChI=1S/C17H11F3N2O3/c18-17(19,20)15-6-2-1-4-12(15)5-3-11-21-16(23)13-7-9-14(10-8-13)22(24)25/h1-2,4,6-10H,11H2,(H,21,23). The van der Waals surface area contributed by atoms with Crippen LogP contribution in [0.25, 0.3) is 0 Å². The van der Waals surface area contributed by atoms with Gasteiger partial charge in [0.25, 0.3) is 11.6 Å². The minimum Gasteiger partial charge on any atom is -0.341 e. The number of halogens is 3. The average Bonchev–Trinajstić information content (AvgIpc) is 2.58. The number of hydrogen-bond acceptors (Lipinski definition) is 3. The average molecular weight is 348 g/mol. The first-order valence-electron chi connectivity index (χ1n) is 6.97. The van der Waals surface area contributed by atoms with Crippen molar-refractivity contribution in [1.29, 1.82) is 0 Å². The fourth-order valence-corrected chi connectivity index (χ4v) is 1.94. The number of nitro groups is 1. The summed E-state index contributed by atoms with van der Waals surface area (Å²) in [6.07, 6.45) is -4.51. The van der Waals surface area contributed by atoms with Crippen LogP contribution in [-0.2, 0) is 6.18 Å². The van der Waals surface area contributed by atoms with E-state index in [0.717, 1.165) is 6.07 Å². The summed E-state index contributed by atoms with van der Waals surface area (Å²) in [4.78, 5) is 21.8. The van der Waals surface area contributed by atoms with Crippen LogP contribution >= 0.6 is 0 Å². The van der Waals surface area contributed by atoms with Crippen molar-refractivity contribution in [2.45, 2.75) is 6.18 Å². The largest absolute Gasteiger partial charge is 0.417 e. The predicted octanol–water partition coefficient (Wildman–Crippen LogP) is 3.40. The lowest BCUT2D eigenvalue weighted by Gasteiger charge is -2.08. The Labute approximate surface area is 140 Å². The zero-order chi connectivity index (χ0) is 18.4. The molecule has 0 saturated heterocycles. The van der Waals surface area contributed by atoms with Crippen LogP contribution in [0.15, 0.2) is 48.5 Å². The Morgan fingerprint density at radius 1 is 1.12 bits per heavy atom. The Bertz CT molecular complexity index is 850. The Morgan fingerprint density at radius 3 is 2.36 bits per heavy atom. The van der Waals surface area contributed by atoms with E-state index >= 15 is 0 Å². The number of non-ortho nitro benzene ring substituents is 1. The van der Waals surface area contributed by atoms with E-state index in [2.05, 4.69) is 17.2 Å². The van der Waals surface area contributed by atoms with Crippen molar-refractivity contribution in [3.05, 3.63) is 75.3 Å². The molecule has 1 amide bonds. The monoisotopic (exact) mass is 348 g/mol. The van der Waals surface area contributed by atoms with Gasteiger partial charge in [-0.2, -0.15) is 13.2 Å². The van der Waals surface area contributed by atoms with E-state index in [0.29, 0.717) is 0 Å². The Hall–Kier alpha value is -3.34. The molecule has 2 rings (SSSR count).